The molecule has 3 aromatic heterocycles. The summed E-state index contributed by atoms with van der Waals surface area (Å²) in [6, 6.07) is 5.21. The number of carbonyl (C=O) groups excluding carboxylic acids is 1. The molecule has 0 fully saturated rings. The summed E-state index contributed by atoms with van der Waals surface area (Å²) in [4.78, 5) is 22.9. The highest BCUT2D eigenvalue weighted by molar-refractivity contribution is 7.20. The highest BCUT2D eigenvalue weighted by atomic mass is 35.5. The number of nitrogens with one attached hydrogen (secondary N) is 1. The molecule has 24 heavy (non-hydrogen) atoms. The SMILES string of the molecule is CN(C)c1ncccc1C(=O)Nc1nc(-c2cc(Cl)sc2Cl)cs1. The fourth-order valence-electron chi connectivity index (χ4n) is 2.06. The van der Waals surface area contributed by atoms with Crippen molar-refractivity contribution >= 4 is 62.7 Å². The minimum absolute atomic E-state index is 0.262. The number of rotatable bonds is 4. The number of pyridine rings is 1. The number of anilines is 2. The Morgan fingerprint density at radius 3 is 2.79 bits per heavy atom. The van der Waals surface area contributed by atoms with E-state index >= 15 is 0 Å². The topological polar surface area (TPSA) is 58.1 Å². The van der Waals surface area contributed by atoms with Crippen LogP contribution in [-0.4, -0.2) is 30.0 Å². The van der Waals surface area contributed by atoms with Gasteiger partial charge >= 0.3 is 0 Å². The zero-order valence-electron chi connectivity index (χ0n) is 12.7. The molecular formula is C15H12Cl2N4OS2. The second kappa shape index (κ2) is 7.06. The van der Waals surface area contributed by atoms with E-state index in [-0.39, 0.29) is 5.91 Å². The molecule has 3 rings (SSSR count). The molecular weight excluding hydrogens is 387 g/mol. The van der Waals surface area contributed by atoms with Crippen LogP contribution in [0, 0.1) is 0 Å². The first-order valence-corrected chi connectivity index (χ1v) is 9.25. The van der Waals surface area contributed by atoms with Crippen LogP contribution < -0.4 is 10.2 Å². The van der Waals surface area contributed by atoms with Crippen molar-refractivity contribution in [1.29, 1.82) is 0 Å². The van der Waals surface area contributed by atoms with Crippen LogP contribution in [0.5, 0.6) is 0 Å². The number of nitrogens with zero attached hydrogens (tertiary/aromatic N) is 3. The molecule has 0 unspecified atom stereocenters. The van der Waals surface area contributed by atoms with Crippen molar-refractivity contribution in [2.75, 3.05) is 24.3 Å². The molecule has 3 heterocycles. The van der Waals surface area contributed by atoms with Gasteiger partial charge < -0.3 is 4.90 Å². The van der Waals surface area contributed by atoms with Crippen molar-refractivity contribution in [2.24, 2.45) is 0 Å². The molecule has 0 atom stereocenters. The molecule has 0 radical (unpaired) electrons. The van der Waals surface area contributed by atoms with Gasteiger partial charge in [0.05, 0.1) is 15.6 Å². The maximum Gasteiger partial charge on any atom is 0.261 e. The minimum Gasteiger partial charge on any atom is -0.362 e. The van der Waals surface area contributed by atoms with Gasteiger partial charge in [-0.1, -0.05) is 23.2 Å². The molecule has 1 amide bonds. The van der Waals surface area contributed by atoms with Gasteiger partial charge in [0, 0.05) is 31.2 Å². The Morgan fingerprint density at radius 2 is 2.12 bits per heavy atom. The maximum absolute atomic E-state index is 12.5. The van der Waals surface area contributed by atoms with E-state index < -0.39 is 0 Å². The van der Waals surface area contributed by atoms with Gasteiger partial charge in [0.15, 0.2) is 5.13 Å². The molecule has 5 nitrogen and oxygen atoms in total. The highest BCUT2D eigenvalue weighted by Gasteiger charge is 2.17. The normalized spacial score (nSPS) is 10.7. The monoisotopic (exact) mass is 398 g/mol. The van der Waals surface area contributed by atoms with Crippen LogP contribution in [0.3, 0.4) is 0 Å². The molecule has 3 aromatic rings. The lowest BCUT2D eigenvalue weighted by Crippen LogP contribution is -2.19. The van der Waals surface area contributed by atoms with Crippen molar-refractivity contribution in [2.45, 2.75) is 0 Å². The largest absolute Gasteiger partial charge is 0.362 e. The average Bonchev–Trinajstić information content (AvgIpc) is 3.13. The fourth-order valence-corrected chi connectivity index (χ4v) is 4.25. The van der Waals surface area contributed by atoms with Crippen molar-refractivity contribution in [3.8, 4) is 11.3 Å². The molecule has 0 saturated heterocycles. The zero-order chi connectivity index (χ0) is 17.3. The Bertz CT molecular complexity index is 891. The second-order valence-electron chi connectivity index (χ2n) is 5.00. The van der Waals surface area contributed by atoms with Gasteiger partial charge in [-0.3, -0.25) is 10.1 Å². The molecule has 1 N–H and O–H groups in total. The van der Waals surface area contributed by atoms with E-state index in [1.807, 2.05) is 19.5 Å². The molecule has 0 aromatic carbocycles. The molecule has 0 saturated carbocycles. The van der Waals surface area contributed by atoms with Crippen LogP contribution in [0.4, 0.5) is 10.9 Å². The molecule has 9 heteroatoms. The number of hydrogen-bond donors (Lipinski definition) is 1. The number of aromatic nitrogens is 2. The molecule has 0 bridgehead atoms. The summed E-state index contributed by atoms with van der Waals surface area (Å²) in [6.45, 7) is 0. The number of carbonyl (C=O) groups is 1. The minimum atomic E-state index is -0.262. The highest BCUT2D eigenvalue weighted by Crippen LogP contribution is 2.39. The number of halogens is 2. The van der Waals surface area contributed by atoms with Crippen LogP contribution in [0.25, 0.3) is 11.3 Å². The van der Waals surface area contributed by atoms with E-state index in [1.165, 1.54) is 22.7 Å². The molecule has 0 aliphatic heterocycles. The van der Waals surface area contributed by atoms with E-state index in [4.69, 9.17) is 23.2 Å². The van der Waals surface area contributed by atoms with Crippen molar-refractivity contribution in [3.05, 3.63) is 44.0 Å². The van der Waals surface area contributed by atoms with Crippen molar-refractivity contribution in [3.63, 3.8) is 0 Å². The van der Waals surface area contributed by atoms with E-state index in [9.17, 15) is 4.79 Å². The van der Waals surface area contributed by atoms with Gasteiger partial charge in [0.2, 0.25) is 0 Å². The van der Waals surface area contributed by atoms with E-state index in [1.54, 1.807) is 29.3 Å². The van der Waals surface area contributed by atoms with Gasteiger partial charge in [0.1, 0.15) is 10.2 Å². The molecule has 0 spiro atoms. The Balaban J connectivity index is 1.83. The second-order valence-corrected chi connectivity index (χ2v) is 8.14. The summed E-state index contributed by atoms with van der Waals surface area (Å²) >= 11 is 14.7. The molecule has 0 aliphatic carbocycles. The van der Waals surface area contributed by atoms with Crippen molar-refractivity contribution in [1.82, 2.24) is 9.97 Å². The van der Waals surface area contributed by atoms with Crippen LogP contribution in [0.2, 0.25) is 8.67 Å². The summed E-state index contributed by atoms with van der Waals surface area (Å²) in [7, 11) is 3.67. The summed E-state index contributed by atoms with van der Waals surface area (Å²) in [6.07, 6.45) is 1.65. The fraction of sp³-hybridized carbons (Fsp3) is 0.133. The quantitative estimate of drug-likeness (QED) is 0.679. The van der Waals surface area contributed by atoms with E-state index in [0.29, 0.717) is 30.9 Å². The maximum atomic E-state index is 12.5. The number of thiazole rings is 1. The van der Waals surface area contributed by atoms with Gasteiger partial charge in [-0.2, -0.15) is 0 Å². The first-order valence-electron chi connectivity index (χ1n) is 6.80. The average molecular weight is 399 g/mol. The third-order valence-electron chi connectivity index (χ3n) is 3.11. The van der Waals surface area contributed by atoms with Crippen molar-refractivity contribution < 1.29 is 4.79 Å². The van der Waals surface area contributed by atoms with Crippen LogP contribution in [0.15, 0.2) is 29.8 Å². The Morgan fingerprint density at radius 1 is 1.33 bits per heavy atom. The third kappa shape index (κ3) is 3.54. The Hall–Kier alpha value is -1.67. The Kier molecular flexibility index (Phi) is 5.05. The number of thiophene rings is 1. The third-order valence-corrected chi connectivity index (χ3v) is 5.36. The molecule has 124 valence electrons. The zero-order valence-corrected chi connectivity index (χ0v) is 15.9. The summed E-state index contributed by atoms with van der Waals surface area (Å²) < 4.78 is 1.17. The number of hydrogen-bond acceptors (Lipinski definition) is 6. The van der Waals surface area contributed by atoms with Gasteiger partial charge in [-0.15, -0.1) is 22.7 Å². The predicted octanol–water partition coefficient (Wildman–Crippen LogP) is 4.89. The Labute approximate surface area is 156 Å². The summed E-state index contributed by atoms with van der Waals surface area (Å²) in [5.74, 6) is 0.335. The first kappa shape index (κ1) is 17.2. The van der Waals surface area contributed by atoms with E-state index in [2.05, 4.69) is 15.3 Å². The van der Waals surface area contributed by atoms with Crippen LogP contribution >= 0.6 is 45.9 Å². The van der Waals surface area contributed by atoms with E-state index in [0.717, 1.165) is 5.56 Å². The lowest BCUT2D eigenvalue weighted by Gasteiger charge is -2.14. The van der Waals surface area contributed by atoms with Gasteiger partial charge in [-0.25, -0.2) is 9.97 Å². The lowest BCUT2D eigenvalue weighted by atomic mass is 10.2. The van der Waals surface area contributed by atoms with Gasteiger partial charge in [-0.05, 0) is 18.2 Å². The van der Waals surface area contributed by atoms with Gasteiger partial charge in [0.25, 0.3) is 5.91 Å². The molecule has 0 aliphatic rings. The summed E-state index contributed by atoms with van der Waals surface area (Å²) in [5.41, 5.74) is 1.93. The van der Waals surface area contributed by atoms with Crippen LogP contribution in [0.1, 0.15) is 10.4 Å². The van der Waals surface area contributed by atoms with Crippen LogP contribution in [-0.2, 0) is 0 Å². The smallest absolute Gasteiger partial charge is 0.261 e. The predicted molar refractivity (Wildman–Crippen MR) is 102 cm³/mol. The number of amides is 1. The first-order chi connectivity index (χ1) is 11.5. The standard InChI is InChI=1S/C15H12Cl2N4OS2/c1-21(2)13-8(4-3-5-18-13)14(22)20-15-19-10(7-23-15)9-6-11(16)24-12(9)17/h3-7H,1-2H3,(H,19,20,22). The lowest BCUT2D eigenvalue weighted by molar-refractivity contribution is 0.102. The summed E-state index contributed by atoms with van der Waals surface area (Å²) in [5, 5.41) is 5.12.